The number of likely N-dealkylation sites (tertiary alicyclic amines) is 1. The van der Waals surface area contributed by atoms with Gasteiger partial charge in [-0.3, -0.25) is 9.59 Å². The number of carbonyl (C=O) groups is 2. The van der Waals surface area contributed by atoms with Crippen LogP contribution in [0.5, 0.6) is 5.75 Å². The zero-order valence-electron chi connectivity index (χ0n) is 16.5. The monoisotopic (exact) mass is 382 g/mol. The summed E-state index contributed by atoms with van der Waals surface area (Å²) in [7, 11) is 1.60. The molecule has 1 fully saturated rings. The lowest BCUT2D eigenvalue weighted by atomic mass is 9.99. The van der Waals surface area contributed by atoms with Crippen LogP contribution in [0.25, 0.3) is 0 Å². The van der Waals surface area contributed by atoms with Gasteiger partial charge >= 0.3 is 0 Å². The molecule has 148 valence electrons. The highest BCUT2D eigenvalue weighted by molar-refractivity contribution is 6.10. The van der Waals surface area contributed by atoms with Crippen molar-refractivity contribution in [2.24, 2.45) is 5.92 Å². The van der Waals surface area contributed by atoms with Gasteiger partial charge in [0.05, 0.1) is 31.5 Å². The summed E-state index contributed by atoms with van der Waals surface area (Å²) in [5.41, 5.74) is 1.64. The summed E-state index contributed by atoms with van der Waals surface area (Å²) in [6.07, 6.45) is 2.31. The number of hydrogen-bond donors (Lipinski definition) is 3. The molecule has 0 radical (unpaired) electrons. The Morgan fingerprint density at radius 1 is 1.04 bits per heavy atom. The average molecular weight is 382 g/mol. The maximum absolute atomic E-state index is 12.7. The maximum atomic E-state index is 12.7. The highest BCUT2D eigenvalue weighted by Crippen LogP contribution is 2.19. The summed E-state index contributed by atoms with van der Waals surface area (Å²) in [5, 5.41) is 5.77. The van der Waals surface area contributed by atoms with E-state index >= 15 is 0 Å². The van der Waals surface area contributed by atoms with Gasteiger partial charge in [0.2, 0.25) is 0 Å². The van der Waals surface area contributed by atoms with Crippen LogP contribution < -0.4 is 20.3 Å². The Labute approximate surface area is 165 Å². The van der Waals surface area contributed by atoms with Gasteiger partial charge in [-0.1, -0.05) is 19.1 Å². The van der Waals surface area contributed by atoms with Gasteiger partial charge in [0.15, 0.2) is 6.54 Å². The van der Waals surface area contributed by atoms with E-state index in [1.165, 1.54) is 4.90 Å². The molecule has 0 aromatic heterocycles. The summed E-state index contributed by atoms with van der Waals surface area (Å²) in [4.78, 5) is 26.5. The molecule has 6 nitrogen and oxygen atoms in total. The lowest BCUT2D eigenvalue weighted by Crippen LogP contribution is -3.14. The number of carbonyl (C=O) groups excluding carboxylic acids is 2. The number of anilines is 2. The van der Waals surface area contributed by atoms with Gasteiger partial charge < -0.3 is 20.3 Å². The molecule has 1 aliphatic heterocycles. The highest BCUT2D eigenvalue weighted by atomic mass is 16.5. The van der Waals surface area contributed by atoms with Crippen LogP contribution in [0.1, 0.15) is 30.1 Å². The number of piperidine rings is 1. The molecule has 0 bridgehead atoms. The maximum Gasteiger partial charge on any atom is 0.279 e. The Balaban J connectivity index is 1.63. The third-order valence-corrected chi connectivity index (χ3v) is 5.19. The quantitative estimate of drug-likeness (QED) is 0.717. The first-order valence-corrected chi connectivity index (χ1v) is 9.73. The van der Waals surface area contributed by atoms with Crippen molar-refractivity contribution in [3.63, 3.8) is 0 Å². The van der Waals surface area contributed by atoms with Crippen molar-refractivity contribution >= 4 is 23.2 Å². The van der Waals surface area contributed by atoms with E-state index in [-0.39, 0.29) is 11.8 Å². The minimum atomic E-state index is -0.264. The van der Waals surface area contributed by atoms with Crippen molar-refractivity contribution < 1.29 is 19.2 Å². The molecule has 1 aliphatic rings. The highest BCUT2D eigenvalue weighted by Gasteiger charge is 2.22. The number of hydrogen-bond acceptors (Lipinski definition) is 3. The first-order valence-electron chi connectivity index (χ1n) is 9.73. The van der Waals surface area contributed by atoms with Crippen molar-refractivity contribution in [3.05, 3.63) is 54.1 Å². The molecule has 0 spiro atoms. The van der Waals surface area contributed by atoms with E-state index in [1.54, 1.807) is 49.6 Å². The van der Waals surface area contributed by atoms with Crippen molar-refractivity contribution in [1.82, 2.24) is 0 Å². The summed E-state index contributed by atoms with van der Waals surface area (Å²) in [6.45, 7) is 4.73. The van der Waals surface area contributed by atoms with E-state index in [0.29, 0.717) is 23.5 Å². The lowest BCUT2D eigenvalue weighted by Gasteiger charge is -2.26. The number of quaternary nitrogens is 1. The molecule has 3 rings (SSSR count). The predicted octanol–water partition coefficient (Wildman–Crippen LogP) is 2.20. The summed E-state index contributed by atoms with van der Waals surface area (Å²) >= 11 is 0. The number of rotatable bonds is 6. The Morgan fingerprint density at radius 2 is 1.71 bits per heavy atom. The SMILES string of the molecule is COc1ccc(NC(=O)c2ccccc2NC(=O)C[NH+]2CCC(C)CC2)cc1. The van der Waals surface area contributed by atoms with E-state index in [2.05, 4.69) is 17.6 Å². The minimum Gasteiger partial charge on any atom is -0.497 e. The molecule has 1 saturated heterocycles. The average Bonchev–Trinajstić information content (AvgIpc) is 2.70. The third-order valence-electron chi connectivity index (χ3n) is 5.19. The second-order valence-corrected chi connectivity index (χ2v) is 7.39. The normalized spacial score (nSPS) is 18.9. The van der Waals surface area contributed by atoms with E-state index in [4.69, 9.17) is 4.74 Å². The largest absolute Gasteiger partial charge is 0.497 e. The van der Waals surface area contributed by atoms with Crippen LogP contribution in [0.15, 0.2) is 48.5 Å². The first-order chi connectivity index (χ1) is 13.5. The standard InChI is InChI=1S/C22H27N3O3/c1-16-11-13-25(14-12-16)15-21(26)24-20-6-4-3-5-19(20)22(27)23-17-7-9-18(28-2)10-8-17/h3-10,16H,11-15H2,1-2H3,(H,23,27)(H,24,26)/p+1. The molecule has 28 heavy (non-hydrogen) atoms. The Bertz CT molecular complexity index is 812. The fourth-order valence-corrected chi connectivity index (χ4v) is 3.43. The number of nitrogens with one attached hydrogen (secondary N) is 3. The van der Waals surface area contributed by atoms with Crippen LogP contribution in [-0.2, 0) is 4.79 Å². The predicted molar refractivity (Wildman–Crippen MR) is 110 cm³/mol. The number of methoxy groups -OCH3 is 1. The van der Waals surface area contributed by atoms with Gasteiger partial charge in [-0.25, -0.2) is 0 Å². The van der Waals surface area contributed by atoms with Gasteiger partial charge in [-0.15, -0.1) is 0 Å². The lowest BCUT2D eigenvalue weighted by molar-refractivity contribution is -0.897. The Hall–Kier alpha value is -2.86. The molecule has 2 aromatic rings. The zero-order chi connectivity index (χ0) is 19.9. The number of benzene rings is 2. The van der Waals surface area contributed by atoms with E-state index < -0.39 is 0 Å². The van der Waals surface area contributed by atoms with E-state index in [0.717, 1.165) is 37.6 Å². The molecule has 3 N–H and O–H groups in total. The zero-order valence-corrected chi connectivity index (χ0v) is 16.5. The smallest absolute Gasteiger partial charge is 0.279 e. The molecule has 2 aromatic carbocycles. The summed E-state index contributed by atoms with van der Waals surface area (Å²) < 4.78 is 5.13. The van der Waals surface area contributed by atoms with Crippen LogP contribution in [-0.4, -0.2) is 38.6 Å². The second-order valence-electron chi connectivity index (χ2n) is 7.39. The Morgan fingerprint density at radius 3 is 2.39 bits per heavy atom. The van der Waals surface area contributed by atoms with Crippen molar-refractivity contribution in [2.75, 3.05) is 37.4 Å². The Kier molecular flexibility index (Phi) is 6.66. The van der Waals surface area contributed by atoms with Crippen LogP contribution in [0.2, 0.25) is 0 Å². The van der Waals surface area contributed by atoms with Gasteiger partial charge in [-0.05, 0) is 55.2 Å². The molecule has 0 unspecified atom stereocenters. The fourth-order valence-electron chi connectivity index (χ4n) is 3.43. The van der Waals surface area contributed by atoms with Crippen molar-refractivity contribution in [2.45, 2.75) is 19.8 Å². The molecule has 0 atom stereocenters. The fraction of sp³-hybridized carbons (Fsp3) is 0.364. The first kappa shape index (κ1) is 19.9. The second kappa shape index (κ2) is 9.37. The molecule has 0 aliphatic carbocycles. The number of para-hydroxylation sites is 1. The van der Waals surface area contributed by atoms with Crippen LogP contribution in [0, 0.1) is 5.92 Å². The van der Waals surface area contributed by atoms with Gasteiger partial charge in [-0.2, -0.15) is 0 Å². The summed E-state index contributed by atoms with van der Waals surface area (Å²) in [6, 6.07) is 14.2. The van der Waals surface area contributed by atoms with Crippen LogP contribution >= 0.6 is 0 Å². The van der Waals surface area contributed by atoms with Gasteiger partial charge in [0.25, 0.3) is 11.8 Å². The van der Waals surface area contributed by atoms with E-state index in [1.807, 2.05) is 6.07 Å². The van der Waals surface area contributed by atoms with Gasteiger partial charge in [0.1, 0.15) is 5.75 Å². The minimum absolute atomic E-state index is 0.0609. The van der Waals surface area contributed by atoms with Gasteiger partial charge in [0, 0.05) is 5.69 Å². The molecule has 2 amide bonds. The molecular formula is C22H28N3O3+. The molecule has 1 heterocycles. The van der Waals surface area contributed by atoms with Crippen molar-refractivity contribution in [1.29, 1.82) is 0 Å². The summed E-state index contributed by atoms with van der Waals surface area (Å²) in [5.74, 6) is 1.14. The molecular weight excluding hydrogens is 354 g/mol. The van der Waals surface area contributed by atoms with Crippen LogP contribution in [0.3, 0.4) is 0 Å². The molecule has 6 heteroatoms. The van der Waals surface area contributed by atoms with Crippen LogP contribution in [0.4, 0.5) is 11.4 Å². The van der Waals surface area contributed by atoms with E-state index in [9.17, 15) is 9.59 Å². The topological polar surface area (TPSA) is 71.9 Å². The number of ether oxygens (including phenoxy) is 1. The van der Waals surface area contributed by atoms with Crippen molar-refractivity contribution in [3.8, 4) is 5.75 Å². The number of amides is 2. The molecule has 0 saturated carbocycles. The third kappa shape index (κ3) is 5.33.